The molecule has 154 valence electrons. The molecule has 0 aliphatic carbocycles. The molecular weight excluding hydrogens is 368 g/mol. The van der Waals surface area contributed by atoms with Crippen LogP contribution in [0.3, 0.4) is 0 Å². The number of methoxy groups -OCH3 is 1. The molecule has 1 saturated heterocycles. The second-order valence-corrected chi connectivity index (χ2v) is 7.36. The van der Waals surface area contributed by atoms with Crippen LogP contribution in [-0.2, 0) is 9.59 Å². The number of aromatic nitrogens is 1. The molecule has 29 heavy (non-hydrogen) atoms. The van der Waals surface area contributed by atoms with Gasteiger partial charge in [-0.25, -0.2) is 0 Å². The molecule has 2 heterocycles. The van der Waals surface area contributed by atoms with Crippen molar-refractivity contribution < 1.29 is 14.3 Å². The average Bonchev–Trinajstić information content (AvgIpc) is 2.72. The molecular formula is C22H28N4O3. The third kappa shape index (κ3) is 5.70. The van der Waals surface area contributed by atoms with Crippen LogP contribution in [-0.4, -0.2) is 48.4 Å². The largest absolute Gasteiger partial charge is 0.497 e. The van der Waals surface area contributed by atoms with E-state index < -0.39 is 0 Å². The van der Waals surface area contributed by atoms with Gasteiger partial charge in [0, 0.05) is 48.7 Å². The van der Waals surface area contributed by atoms with Crippen molar-refractivity contribution >= 4 is 23.2 Å². The number of hydrogen-bond acceptors (Lipinski definition) is 5. The number of pyridine rings is 1. The molecule has 0 spiro atoms. The number of amides is 2. The van der Waals surface area contributed by atoms with Gasteiger partial charge in [0.05, 0.1) is 13.7 Å². The summed E-state index contributed by atoms with van der Waals surface area (Å²) >= 11 is 0. The molecule has 1 fully saturated rings. The van der Waals surface area contributed by atoms with Crippen LogP contribution < -0.4 is 15.4 Å². The molecule has 2 aromatic rings. The lowest BCUT2D eigenvalue weighted by molar-refractivity contribution is -0.133. The number of benzene rings is 1. The van der Waals surface area contributed by atoms with Crippen LogP contribution in [0.25, 0.3) is 0 Å². The first-order valence-corrected chi connectivity index (χ1v) is 9.86. The topological polar surface area (TPSA) is 83.6 Å². The number of rotatable bonds is 6. The molecule has 0 bridgehead atoms. The van der Waals surface area contributed by atoms with E-state index >= 15 is 0 Å². The molecule has 0 radical (unpaired) electrons. The number of anilines is 2. The lowest BCUT2D eigenvalue weighted by Gasteiger charge is -2.33. The van der Waals surface area contributed by atoms with E-state index in [9.17, 15) is 9.59 Å². The van der Waals surface area contributed by atoms with Crippen LogP contribution in [0.15, 0.2) is 36.4 Å². The Morgan fingerprint density at radius 1 is 1.21 bits per heavy atom. The number of nitrogens with zero attached hydrogens (tertiary/aromatic N) is 2. The number of aryl methyl sites for hydroxylation is 1. The summed E-state index contributed by atoms with van der Waals surface area (Å²) in [4.78, 5) is 30.0. The molecule has 1 atom stereocenters. The molecule has 1 unspecified atom stereocenters. The number of carbonyl (C=O) groups excluding carboxylic acids is 2. The third-order valence-electron chi connectivity index (χ3n) is 5.03. The van der Waals surface area contributed by atoms with E-state index in [4.69, 9.17) is 9.72 Å². The molecule has 7 heteroatoms. The predicted octanol–water partition coefficient (Wildman–Crippen LogP) is 2.98. The van der Waals surface area contributed by atoms with Gasteiger partial charge >= 0.3 is 0 Å². The number of likely N-dealkylation sites (tertiary alicyclic amines) is 1. The van der Waals surface area contributed by atoms with Crippen LogP contribution in [0.2, 0.25) is 0 Å². The Kier molecular flexibility index (Phi) is 6.69. The molecule has 2 amide bonds. The maximum Gasteiger partial charge on any atom is 0.241 e. The van der Waals surface area contributed by atoms with Crippen LogP contribution in [0.4, 0.5) is 11.4 Å². The second kappa shape index (κ2) is 9.41. The Morgan fingerprint density at radius 3 is 2.66 bits per heavy atom. The van der Waals surface area contributed by atoms with Crippen molar-refractivity contribution in [3.05, 3.63) is 47.8 Å². The van der Waals surface area contributed by atoms with Gasteiger partial charge in [-0.2, -0.15) is 0 Å². The summed E-state index contributed by atoms with van der Waals surface area (Å²) in [6.07, 6.45) is 1.91. The molecule has 1 aromatic heterocycles. The lowest BCUT2D eigenvalue weighted by atomic mass is 9.93. The summed E-state index contributed by atoms with van der Waals surface area (Å²) in [7, 11) is 1.65. The Labute approximate surface area is 171 Å². The Balaban J connectivity index is 1.71. The molecule has 1 aliphatic rings. The summed E-state index contributed by atoms with van der Waals surface area (Å²) in [5, 5.41) is 6.00. The fourth-order valence-corrected chi connectivity index (χ4v) is 3.57. The molecule has 2 N–H and O–H groups in total. The smallest absolute Gasteiger partial charge is 0.241 e. The second-order valence-electron chi connectivity index (χ2n) is 7.36. The molecule has 0 saturated carbocycles. The van der Waals surface area contributed by atoms with Gasteiger partial charge in [0.2, 0.25) is 11.8 Å². The normalized spacial score (nSPS) is 16.2. The van der Waals surface area contributed by atoms with E-state index in [1.807, 2.05) is 42.2 Å². The highest BCUT2D eigenvalue weighted by atomic mass is 16.5. The van der Waals surface area contributed by atoms with Crippen LogP contribution >= 0.6 is 0 Å². The predicted molar refractivity (Wildman–Crippen MR) is 112 cm³/mol. The zero-order valence-electron chi connectivity index (χ0n) is 17.2. The first-order valence-electron chi connectivity index (χ1n) is 9.86. The first kappa shape index (κ1) is 20.6. The van der Waals surface area contributed by atoms with E-state index in [0.29, 0.717) is 6.54 Å². The fraction of sp³-hybridized carbons (Fsp3) is 0.409. The number of piperidine rings is 1. The summed E-state index contributed by atoms with van der Waals surface area (Å²) in [6.45, 7) is 4.79. The van der Waals surface area contributed by atoms with Gasteiger partial charge in [-0.1, -0.05) is 0 Å². The van der Waals surface area contributed by atoms with Gasteiger partial charge in [0.25, 0.3) is 0 Å². The van der Waals surface area contributed by atoms with Gasteiger partial charge in [0.1, 0.15) is 5.75 Å². The summed E-state index contributed by atoms with van der Waals surface area (Å²) < 4.78 is 5.20. The van der Waals surface area contributed by atoms with Crippen LogP contribution in [0.1, 0.15) is 37.1 Å². The van der Waals surface area contributed by atoms with Crippen molar-refractivity contribution in [2.24, 2.45) is 0 Å². The van der Waals surface area contributed by atoms with Gasteiger partial charge in [-0.15, -0.1) is 0 Å². The Bertz CT molecular complexity index is 867. The van der Waals surface area contributed by atoms with E-state index in [1.165, 1.54) is 6.92 Å². The zero-order valence-corrected chi connectivity index (χ0v) is 17.2. The highest BCUT2D eigenvalue weighted by Gasteiger charge is 2.26. The maximum absolute atomic E-state index is 12.4. The van der Waals surface area contributed by atoms with Crippen molar-refractivity contribution in [3.63, 3.8) is 0 Å². The Morgan fingerprint density at radius 2 is 1.97 bits per heavy atom. The van der Waals surface area contributed by atoms with E-state index in [0.717, 1.165) is 47.9 Å². The van der Waals surface area contributed by atoms with Crippen LogP contribution in [0.5, 0.6) is 5.75 Å². The molecule has 1 aromatic carbocycles. The number of ether oxygens (including phenoxy) is 1. The van der Waals surface area contributed by atoms with E-state index in [2.05, 4.69) is 16.7 Å². The summed E-state index contributed by atoms with van der Waals surface area (Å²) in [6, 6.07) is 11.8. The monoisotopic (exact) mass is 396 g/mol. The number of carbonyl (C=O) groups is 2. The SMILES string of the molecule is COc1ccc(Nc2cc(C)nc(C3CCCN(C(=O)CNC(C)=O)C3)c2)cc1. The van der Waals surface area contributed by atoms with Crippen molar-refractivity contribution in [2.45, 2.75) is 32.6 Å². The highest BCUT2D eigenvalue weighted by molar-refractivity contribution is 5.83. The van der Waals surface area contributed by atoms with Gasteiger partial charge in [-0.3, -0.25) is 14.6 Å². The highest BCUT2D eigenvalue weighted by Crippen LogP contribution is 2.29. The maximum atomic E-state index is 12.4. The quantitative estimate of drug-likeness (QED) is 0.784. The lowest BCUT2D eigenvalue weighted by Crippen LogP contribution is -2.44. The minimum atomic E-state index is -0.193. The number of hydrogen-bond donors (Lipinski definition) is 2. The van der Waals surface area contributed by atoms with Crippen LogP contribution in [0, 0.1) is 6.92 Å². The van der Waals surface area contributed by atoms with E-state index in [1.54, 1.807) is 7.11 Å². The van der Waals surface area contributed by atoms with Gasteiger partial charge in [0.15, 0.2) is 0 Å². The molecule has 7 nitrogen and oxygen atoms in total. The van der Waals surface area contributed by atoms with Crippen molar-refractivity contribution in [2.75, 3.05) is 32.1 Å². The molecule has 1 aliphatic heterocycles. The van der Waals surface area contributed by atoms with E-state index in [-0.39, 0.29) is 24.3 Å². The summed E-state index contributed by atoms with van der Waals surface area (Å²) in [5.74, 6) is 0.755. The summed E-state index contributed by atoms with van der Waals surface area (Å²) in [5.41, 5.74) is 3.86. The fourth-order valence-electron chi connectivity index (χ4n) is 3.57. The van der Waals surface area contributed by atoms with Gasteiger partial charge < -0.3 is 20.3 Å². The zero-order chi connectivity index (χ0) is 20.8. The number of nitrogens with one attached hydrogen (secondary N) is 2. The first-order chi connectivity index (χ1) is 13.9. The van der Waals surface area contributed by atoms with Crippen molar-refractivity contribution in [1.82, 2.24) is 15.2 Å². The van der Waals surface area contributed by atoms with Crippen molar-refractivity contribution in [1.29, 1.82) is 0 Å². The average molecular weight is 396 g/mol. The molecule has 3 rings (SSSR count). The van der Waals surface area contributed by atoms with Crippen molar-refractivity contribution in [3.8, 4) is 5.75 Å². The Hall–Kier alpha value is -3.09. The minimum Gasteiger partial charge on any atom is -0.497 e. The minimum absolute atomic E-state index is 0.0471. The third-order valence-corrected chi connectivity index (χ3v) is 5.03. The standard InChI is InChI=1S/C22H28N4O3/c1-15-11-19(25-18-6-8-20(29-3)9-7-18)12-21(24-15)17-5-4-10-26(14-17)22(28)13-23-16(2)27/h6-9,11-12,17H,4-5,10,13-14H2,1-3H3,(H,23,27)(H,24,25). The van der Waals surface area contributed by atoms with Gasteiger partial charge in [-0.05, 0) is 56.2 Å².